The van der Waals surface area contributed by atoms with Crippen molar-refractivity contribution >= 4 is 15.9 Å². The third kappa shape index (κ3) is 2.28. The number of nitrogens with zero attached hydrogens (tertiary/aromatic N) is 2. The molecule has 0 saturated carbocycles. The molecule has 1 aliphatic heterocycles. The average molecular weight is 335 g/mol. The minimum atomic E-state index is -3.86. The summed E-state index contributed by atoms with van der Waals surface area (Å²) in [5.41, 5.74) is 9.23. The number of aromatic nitrogens is 1. The fourth-order valence-corrected chi connectivity index (χ4v) is 3.90. The zero-order valence-corrected chi connectivity index (χ0v) is 13.4. The molecule has 2 heterocycles. The van der Waals surface area contributed by atoms with Crippen molar-refractivity contribution in [2.24, 2.45) is 10.1 Å². The van der Waals surface area contributed by atoms with Crippen LogP contribution in [0.1, 0.15) is 5.56 Å². The first-order chi connectivity index (χ1) is 11.6. The van der Waals surface area contributed by atoms with E-state index in [0.717, 1.165) is 11.1 Å². The molecule has 118 valence electrons. The van der Waals surface area contributed by atoms with Gasteiger partial charge in [-0.15, -0.1) is 4.40 Å². The lowest BCUT2D eigenvalue weighted by Gasteiger charge is -2.11. The molecule has 5 nitrogen and oxygen atoms in total. The molecule has 3 aromatic rings. The highest BCUT2D eigenvalue weighted by atomic mass is 32.2. The van der Waals surface area contributed by atoms with Crippen molar-refractivity contribution in [2.75, 3.05) is 0 Å². The summed E-state index contributed by atoms with van der Waals surface area (Å²) in [5.74, 6) is -0.0176. The highest BCUT2D eigenvalue weighted by Crippen LogP contribution is 2.35. The van der Waals surface area contributed by atoms with E-state index in [4.69, 9.17) is 5.73 Å². The number of fused-ring (bicyclic) bond motifs is 1. The van der Waals surface area contributed by atoms with Crippen LogP contribution in [0.4, 0.5) is 0 Å². The van der Waals surface area contributed by atoms with Crippen molar-refractivity contribution in [3.63, 3.8) is 0 Å². The zero-order chi connectivity index (χ0) is 16.7. The summed E-state index contributed by atoms with van der Waals surface area (Å²) in [6.45, 7) is 0. The number of pyridine rings is 1. The SMILES string of the molecule is NC1=NS(=O)(=O)c2nc(-c3ccccc3)cc(-c3ccccc3)c21. The average Bonchev–Trinajstić information content (AvgIpc) is 2.85. The van der Waals surface area contributed by atoms with Crippen LogP contribution in [0.3, 0.4) is 0 Å². The van der Waals surface area contributed by atoms with Gasteiger partial charge in [0.15, 0.2) is 5.03 Å². The van der Waals surface area contributed by atoms with Gasteiger partial charge in [0.05, 0.1) is 11.3 Å². The monoisotopic (exact) mass is 335 g/mol. The molecule has 2 aromatic carbocycles. The quantitative estimate of drug-likeness (QED) is 0.780. The molecule has 0 unspecified atom stereocenters. The molecule has 0 aliphatic carbocycles. The topological polar surface area (TPSA) is 85.4 Å². The molecule has 2 N–H and O–H groups in total. The van der Waals surface area contributed by atoms with Crippen LogP contribution in [0.25, 0.3) is 22.4 Å². The number of sulfonamides is 1. The summed E-state index contributed by atoms with van der Waals surface area (Å²) in [4.78, 5) is 4.33. The third-order valence-corrected chi connectivity index (χ3v) is 5.08. The molecule has 1 aromatic heterocycles. The Labute approximate surface area is 139 Å². The van der Waals surface area contributed by atoms with Crippen LogP contribution < -0.4 is 5.73 Å². The van der Waals surface area contributed by atoms with Gasteiger partial charge in [-0.05, 0) is 17.2 Å². The Morgan fingerprint density at radius 1 is 0.833 bits per heavy atom. The van der Waals surface area contributed by atoms with Crippen LogP contribution in [0, 0.1) is 0 Å². The minimum Gasteiger partial charge on any atom is -0.382 e. The molecule has 4 rings (SSSR count). The van der Waals surface area contributed by atoms with Gasteiger partial charge in [0.25, 0.3) is 0 Å². The highest BCUT2D eigenvalue weighted by molar-refractivity contribution is 7.90. The summed E-state index contributed by atoms with van der Waals surface area (Å²) >= 11 is 0. The first-order valence-electron chi connectivity index (χ1n) is 7.33. The molecule has 6 heteroatoms. The standard InChI is InChI=1S/C18H13N3O2S/c19-17-16-14(12-7-3-1-4-8-12)11-15(13-9-5-2-6-10-13)20-18(16)24(22,23)21-17/h1-11H,(H2,19,21). The molecule has 0 amide bonds. The predicted octanol–water partition coefficient (Wildman–Crippen LogP) is 2.82. The van der Waals surface area contributed by atoms with Crippen molar-refractivity contribution in [1.29, 1.82) is 0 Å². The van der Waals surface area contributed by atoms with Gasteiger partial charge in [-0.3, -0.25) is 0 Å². The van der Waals surface area contributed by atoms with E-state index in [1.807, 2.05) is 66.7 Å². The van der Waals surface area contributed by atoms with Crippen molar-refractivity contribution in [3.8, 4) is 22.4 Å². The lowest BCUT2D eigenvalue weighted by atomic mass is 9.98. The van der Waals surface area contributed by atoms with Crippen LogP contribution in [0.15, 0.2) is 76.2 Å². The zero-order valence-electron chi connectivity index (χ0n) is 12.5. The van der Waals surface area contributed by atoms with E-state index in [2.05, 4.69) is 9.38 Å². The van der Waals surface area contributed by atoms with E-state index < -0.39 is 10.0 Å². The summed E-state index contributed by atoms with van der Waals surface area (Å²) in [5, 5.41) is -0.0831. The Bertz CT molecular complexity index is 1060. The van der Waals surface area contributed by atoms with Gasteiger partial charge >= 0.3 is 10.0 Å². The van der Waals surface area contributed by atoms with Crippen LogP contribution in [0.2, 0.25) is 0 Å². The lowest BCUT2D eigenvalue weighted by Crippen LogP contribution is -2.12. The highest BCUT2D eigenvalue weighted by Gasteiger charge is 2.33. The summed E-state index contributed by atoms with van der Waals surface area (Å²) < 4.78 is 28.2. The largest absolute Gasteiger partial charge is 0.382 e. The number of hydrogen-bond donors (Lipinski definition) is 1. The van der Waals surface area contributed by atoms with E-state index in [1.165, 1.54) is 0 Å². The molecule has 1 aliphatic rings. The normalized spacial score (nSPS) is 14.9. The molecule has 0 radical (unpaired) electrons. The van der Waals surface area contributed by atoms with Gasteiger partial charge in [0.2, 0.25) is 0 Å². The van der Waals surface area contributed by atoms with E-state index in [-0.39, 0.29) is 10.9 Å². The summed E-state index contributed by atoms with van der Waals surface area (Å²) in [6.07, 6.45) is 0. The molecule has 24 heavy (non-hydrogen) atoms. The van der Waals surface area contributed by atoms with Crippen LogP contribution >= 0.6 is 0 Å². The number of rotatable bonds is 2. The maximum absolute atomic E-state index is 12.3. The molecule has 0 saturated heterocycles. The van der Waals surface area contributed by atoms with Gasteiger partial charge in [0, 0.05) is 5.56 Å². The Morgan fingerprint density at radius 3 is 2.04 bits per heavy atom. The Morgan fingerprint density at radius 2 is 1.42 bits per heavy atom. The lowest BCUT2D eigenvalue weighted by molar-refractivity contribution is 0.596. The number of hydrogen-bond acceptors (Lipinski definition) is 4. The van der Waals surface area contributed by atoms with E-state index in [9.17, 15) is 8.42 Å². The van der Waals surface area contributed by atoms with E-state index in [1.54, 1.807) is 0 Å². The first-order valence-corrected chi connectivity index (χ1v) is 8.77. The maximum Gasteiger partial charge on any atom is 0.302 e. The fourth-order valence-electron chi connectivity index (χ4n) is 2.78. The predicted molar refractivity (Wildman–Crippen MR) is 93.0 cm³/mol. The van der Waals surface area contributed by atoms with E-state index in [0.29, 0.717) is 16.8 Å². The van der Waals surface area contributed by atoms with Crippen molar-refractivity contribution in [3.05, 3.63) is 72.3 Å². The molecule has 0 bridgehead atoms. The third-order valence-electron chi connectivity index (χ3n) is 3.86. The van der Waals surface area contributed by atoms with Gasteiger partial charge in [-0.25, -0.2) is 4.98 Å². The second-order valence-electron chi connectivity index (χ2n) is 5.42. The van der Waals surface area contributed by atoms with Crippen molar-refractivity contribution < 1.29 is 8.42 Å². The molecule has 0 spiro atoms. The van der Waals surface area contributed by atoms with Crippen LogP contribution in [0.5, 0.6) is 0 Å². The Kier molecular flexibility index (Phi) is 3.21. The molecule has 0 fully saturated rings. The number of nitrogens with two attached hydrogens (primary N) is 1. The maximum atomic E-state index is 12.3. The molecule has 0 atom stereocenters. The van der Waals surface area contributed by atoms with Gasteiger partial charge in [0.1, 0.15) is 5.84 Å². The fraction of sp³-hybridized carbons (Fsp3) is 0. The number of benzene rings is 2. The molecular weight excluding hydrogens is 322 g/mol. The summed E-state index contributed by atoms with van der Waals surface area (Å²) in [6, 6.07) is 20.8. The van der Waals surface area contributed by atoms with Gasteiger partial charge < -0.3 is 5.73 Å². The molecular formula is C18H13N3O2S. The smallest absolute Gasteiger partial charge is 0.302 e. The van der Waals surface area contributed by atoms with Crippen LogP contribution in [-0.4, -0.2) is 19.2 Å². The van der Waals surface area contributed by atoms with Gasteiger partial charge in [-0.2, -0.15) is 8.42 Å². The van der Waals surface area contributed by atoms with Crippen LogP contribution in [-0.2, 0) is 10.0 Å². The minimum absolute atomic E-state index is 0.0176. The second-order valence-corrected chi connectivity index (χ2v) is 6.94. The second kappa shape index (κ2) is 5.28. The van der Waals surface area contributed by atoms with Crippen molar-refractivity contribution in [1.82, 2.24) is 4.98 Å². The first kappa shape index (κ1) is 14.6. The van der Waals surface area contributed by atoms with E-state index >= 15 is 0 Å². The summed E-state index contributed by atoms with van der Waals surface area (Å²) in [7, 11) is -3.86. The van der Waals surface area contributed by atoms with Crippen molar-refractivity contribution in [2.45, 2.75) is 5.03 Å². The Balaban J connectivity index is 2.06. The number of amidine groups is 1. The van der Waals surface area contributed by atoms with Gasteiger partial charge in [-0.1, -0.05) is 60.7 Å². The Hall–Kier alpha value is -2.99.